The van der Waals surface area contributed by atoms with Gasteiger partial charge in [-0.15, -0.1) is 0 Å². The highest BCUT2D eigenvalue weighted by atomic mass is 19.1. The second-order valence-electron chi connectivity index (χ2n) is 4.40. The van der Waals surface area contributed by atoms with E-state index < -0.39 is 0 Å². The number of benzene rings is 2. The van der Waals surface area contributed by atoms with E-state index >= 15 is 0 Å². The first-order valence-corrected chi connectivity index (χ1v) is 6.10. The third-order valence-electron chi connectivity index (χ3n) is 3.14. The molecule has 0 bridgehead atoms. The Bertz CT molecular complexity index is 612. The number of rotatable bonds is 4. The highest BCUT2D eigenvalue weighted by Crippen LogP contribution is 2.40. The molecule has 2 aromatic carbocycles. The molecule has 0 aliphatic carbocycles. The Morgan fingerprint density at radius 1 is 1.05 bits per heavy atom. The van der Waals surface area contributed by atoms with Crippen LogP contribution in [0.2, 0.25) is 0 Å². The number of nitrogen functional groups attached to an aromatic ring is 2. The summed E-state index contributed by atoms with van der Waals surface area (Å²) in [5.74, 6) is 0.790. The summed E-state index contributed by atoms with van der Waals surface area (Å²) >= 11 is 0. The summed E-state index contributed by atoms with van der Waals surface area (Å²) in [6.45, 7) is 0. The summed E-state index contributed by atoms with van der Waals surface area (Å²) in [7, 11) is 3.08. The lowest BCUT2D eigenvalue weighted by Gasteiger charge is -2.17. The fourth-order valence-electron chi connectivity index (χ4n) is 2.09. The van der Waals surface area contributed by atoms with Crippen molar-refractivity contribution in [1.82, 2.24) is 0 Å². The average molecular weight is 276 g/mol. The Hall–Kier alpha value is -2.43. The third-order valence-corrected chi connectivity index (χ3v) is 3.14. The van der Waals surface area contributed by atoms with E-state index in [1.807, 2.05) is 0 Å². The molecule has 0 fully saturated rings. The van der Waals surface area contributed by atoms with Gasteiger partial charge in [0.25, 0.3) is 0 Å². The largest absolute Gasteiger partial charge is 0.493 e. The van der Waals surface area contributed by atoms with Crippen LogP contribution in [0.5, 0.6) is 11.5 Å². The lowest BCUT2D eigenvalue weighted by atomic mass is 10.0. The normalized spacial score (nSPS) is 10.3. The average Bonchev–Trinajstić information content (AvgIpc) is 2.45. The molecular weight excluding hydrogens is 259 g/mol. The van der Waals surface area contributed by atoms with E-state index in [9.17, 15) is 4.39 Å². The molecule has 2 aromatic rings. The maximum absolute atomic E-state index is 12.9. The van der Waals surface area contributed by atoms with E-state index in [1.54, 1.807) is 25.3 Å². The minimum atomic E-state index is -0.279. The number of hydrogen-bond acceptors (Lipinski definition) is 4. The molecule has 4 N–H and O–H groups in total. The van der Waals surface area contributed by atoms with Crippen molar-refractivity contribution in [3.05, 3.63) is 47.3 Å². The smallest absolute Gasteiger partial charge is 0.166 e. The Morgan fingerprint density at radius 2 is 1.70 bits per heavy atom. The van der Waals surface area contributed by atoms with Gasteiger partial charge in [0.1, 0.15) is 5.82 Å². The molecule has 0 aromatic heterocycles. The van der Waals surface area contributed by atoms with Crippen LogP contribution in [0.25, 0.3) is 0 Å². The monoisotopic (exact) mass is 276 g/mol. The number of ether oxygens (including phenoxy) is 2. The number of anilines is 2. The minimum absolute atomic E-state index is 0.279. The van der Waals surface area contributed by atoms with Crippen molar-refractivity contribution in [2.45, 2.75) is 6.42 Å². The van der Waals surface area contributed by atoms with E-state index in [-0.39, 0.29) is 5.82 Å². The maximum atomic E-state index is 12.9. The van der Waals surface area contributed by atoms with E-state index in [0.717, 1.165) is 11.1 Å². The van der Waals surface area contributed by atoms with E-state index in [0.29, 0.717) is 29.3 Å². The molecule has 0 radical (unpaired) electrons. The van der Waals surface area contributed by atoms with Crippen LogP contribution >= 0.6 is 0 Å². The highest BCUT2D eigenvalue weighted by molar-refractivity contribution is 5.75. The van der Waals surface area contributed by atoms with Gasteiger partial charge in [-0.25, -0.2) is 4.39 Å². The molecule has 0 spiro atoms. The van der Waals surface area contributed by atoms with Crippen molar-refractivity contribution in [1.29, 1.82) is 0 Å². The Balaban J connectivity index is 2.48. The molecule has 0 aliphatic rings. The Morgan fingerprint density at radius 3 is 2.25 bits per heavy atom. The van der Waals surface area contributed by atoms with Crippen LogP contribution in [-0.2, 0) is 6.42 Å². The van der Waals surface area contributed by atoms with Crippen LogP contribution in [0.15, 0.2) is 30.3 Å². The summed E-state index contributed by atoms with van der Waals surface area (Å²) in [4.78, 5) is 0. The van der Waals surface area contributed by atoms with Gasteiger partial charge in [-0.1, -0.05) is 12.1 Å². The number of methoxy groups -OCH3 is 2. The second kappa shape index (κ2) is 5.69. The van der Waals surface area contributed by atoms with Crippen LogP contribution in [0.1, 0.15) is 11.1 Å². The quantitative estimate of drug-likeness (QED) is 0.842. The molecule has 20 heavy (non-hydrogen) atoms. The molecular formula is C15H17FN2O2. The molecule has 5 heteroatoms. The van der Waals surface area contributed by atoms with Gasteiger partial charge in [-0.05, 0) is 17.7 Å². The van der Waals surface area contributed by atoms with Gasteiger partial charge in [0, 0.05) is 18.1 Å². The van der Waals surface area contributed by atoms with Crippen molar-refractivity contribution in [3.63, 3.8) is 0 Å². The zero-order valence-electron chi connectivity index (χ0n) is 11.4. The summed E-state index contributed by atoms with van der Waals surface area (Å²) in [5, 5.41) is 0. The van der Waals surface area contributed by atoms with Gasteiger partial charge >= 0.3 is 0 Å². The Kier molecular flexibility index (Phi) is 3.98. The molecule has 106 valence electrons. The zero-order chi connectivity index (χ0) is 14.7. The van der Waals surface area contributed by atoms with Crippen molar-refractivity contribution in [3.8, 4) is 11.5 Å². The topological polar surface area (TPSA) is 70.5 Å². The van der Waals surface area contributed by atoms with Crippen LogP contribution in [-0.4, -0.2) is 14.2 Å². The van der Waals surface area contributed by atoms with Crippen LogP contribution in [0.3, 0.4) is 0 Å². The highest BCUT2D eigenvalue weighted by Gasteiger charge is 2.17. The fourth-order valence-corrected chi connectivity index (χ4v) is 2.09. The van der Waals surface area contributed by atoms with Crippen molar-refractivity contribution >= 4 is 11.4 Å². The summed E-state index contributed by atoms with van der Waals surface area (Å²) in [6, 6.07) is 7.83. The van der Waals surface area contributed by atoms with Gasteiger partial charge in [-0.2, -0.15) is 0 Å². The van der Waals surface area contributed by atoms with Crippen LogP contribution < -0.4 is 20.9 Å². The van der Waals surface area contributed by atoms with Crippen molar-refractivity contribution in [2.75, 3.05) is 25.7 Å². The summed E-state index contributed by atoms with van der Waals surface area (Å²) < 4.78 is 23.6. The van der Waals surface area contributed by atoms with Crippen LogP contribution in [0, 0.1) is 5.82 Å². The first-order chi connectivity index (χ1) is 9.56. The predicted molar refractivity (Wildman–Crippen MR) is 77.6 cm³/mol. The van der Waals surface area contributed by atoms with Crippen LogP contribution in [0.4, 0.5) is 15.8 Å². The third kappa shape index (κ3) is 2.61. The van der Waals surface area contributed by atoms with Gasteiger partial charge in [0.15, 0.2) is 11.5 Å². The molecule has 0 aliphatic heterocycles. The standard InChI is InChI=1S/C15H17FN2O2/c1-19-13-8-12(17)14(18)11(15(13)20-2)7-9-3-5-10(16)6-4-9/h3-6,8H,7,17-18H2,1-2H3. The molecule has 0 heterocycles. The van der Waals surface area contributed by atoms with Gasteiger partial charge in [0.2, 0.25) is 0 Å². The molecule has 0 unspecified atom stereocenters. The van der Waals surface area contributed by atoms with E-state index in [4.69, 9.17) is 20.9 Å². The summed E-state index contributed by atoms with van der Waals surface area (Å²) in [5.41, 5.74) is 14.4. The molecule has 4 nitrogen and oxygen atoms in total. The zero-order valence-corrected chi connectivity index (χ0v) is 11.4. The van der Waals surface area contributed by atoms with E-state index in [1.165, 1.54) is 19.2 Å². The SMILES string of the molecule is COc1cc(N)c(N)c(Cc2ccc(F)cc2)c1OC. The van der Waals surface area contributed by atoms with Gasteiger partial charge < -0.3 is 20.9 Å². The predicted octanol–water partition coefficient (Wildman–Crippen LogP) is 2.60. The lowest BCUT2D eigenvalue weighted by Crippen LogP contribution is -2.05. The number of halogens is 1. The molecule has 0 atom stereocenters. The first-order valence-electron chi connectivity index (χ1n) is 6.10. The maximum Gasteiger partial charge on any atom is 0.166 e. The van der Waals surface area contributed by atoms with Crippen molar-refractivity contribution in [2.24, 2.45) is 0 Å². The van der Waals surface area contributed by atoms with Gasteiger partial charge in [-0.3, -0.25) is 0 Å². The van der Waals surface area contributed by atoms with Crippen molar-refractivity contribution < 1.29 is 13.9 Å². The molecule has 2 rings (SSSR count). The molecule has 0 amide bonds. The van der Waals surface area contributed by atoms with Gasteiger partial charge in [0.05, 0.1) is 25.6 Å². The van der Waals surface area contributed by atoms with E-state index in [2.05, 4.69) is 0 Å². The second-order valence-corrected chi connectivity index (χ2v) is 4.40. The number of nitrogens with two attached hydrogens (primary N) is 2. The first kappa shape index (κ1) is 14.0. The summed E-state index contributed by atoms with van der Waals surface area (Å²) in [6.07, 6.45) is 0.483. The minimum Gasteiger partial charge on any atom is -0.493 e. The Labute approximate surface area is 117 Å². The fraction of sp³-hybridized carbons (Fsp3) is 0.200. The molecule has 0 saturated carbocycles. The lowest BCUT2D eigenvalue weighted by molar-refractivity contribution is 0.352. The molecule has 0 saturated heterocycles. The number of hydrogen-bond donors (Lipinski definition) is 2.